The Labute approximate surface area is 499 Å². The van der Waals surface area contributed by atoms with Crippen LogP contribution in [0.25, 0.3) is 0 Å². The van der Waals surface area contributed by atoms with Gasteiger partial charge in [-0.15, -0.1) is 0 Å². The number of unbranched alkanes of at least 4 members (excludes halogenated alkanes) is 29. The Morgan fingerprint density at radius 2 is 0.793 bits per heavy atom. The summed E-state index contributed by atoms with van der Waals surface area (Å²) in [5, 5.41) is 16.4. The third kappa shape index (κ3) is 52.9. The molecule has 480 valence electrons. The lowest BCUT2D eigenvalue weighted by Gasteiger charge is -2.23. The van der Waals surface area contributed by atoms with Gasteiger partial charge in [-0.25, -0.2) is 5.01 Å². The van der Waals surface area contributed by atoms with E-state index < -0.39 is 41.9 Å². The minimum atomic E-state index is -0.987. The number of hydrogen-bond acceptors (Lipinski definition) is 13. The van der Waals surface area contributed by atoms with Crippen LogP contribution in [0.5, 0.6) is 0 Å². The highest BCUT2D eigenvalue weighted by Gasteiger charge is 2.26. The minimum Gasteiger partial charge on any atom is -0.462 e. The molecular weight excluding hydrogens is 1040 g/mol. The van der Waals surface area contributed by atoms with E-state index in [1.807, 2.05) is 13.8 Å². The second kappa shape index (κ2) is 58.9. The van der Waals surface area contributed by atoms with Gasteiger partial charge < -0.3 is 40.8 Å². The molecule has 0 spiro atoms. The van der Waals surface area contributed by atoms with Crippen LogP contribution in [0.15, 0.2) is 0 Å². The van der Waals surface area contributed by atoms with Gasteiger partial charge in [0.25, 0.3) is 0 Å². The van der Waals surface area contributed by atoms with Crippen molar-refractivity contribution in [2.24, 2.45) is 5.84 Å². The number of amides is 4. The third-order valence-corrected chi connectivity index (χ3v) is 15.0. The topological polar surface area (TPSA) is 237 Å². The maximum absolute atomic E-state index is 13.5. The van der Waals surface area contributed by atoms with Crippen molar-refractivity contribution in [3.8, 4) is 0 Å². The first-order valence-electron chi connectivity index (χ1n) is 33.7. The molecule has 3 atom stereocenters. The lowest BCUT2D eigenvalue weighted by atomic mass is 10.0. The molecule has 0 saturated carbocycles. The maximum atomic E-state index is 13.5. The number of nitrogens with two attached hydrogens (primary N) is 1. The van der Waals surface area contributed by atoms with E-state index in [9.17, 15) is 33.6 Å². The van der Waals surface area contributed by atoms with Gasteiger partial charge in [0, 0.05) is 52.4 Å². The fourth-order valence-corrected chi connectivity index (χ4v) is 9.92. The Balaban J connectivity index is 4.93. The average molecular weight is 1160 g/mol. The zero-order chi connectivity index (χ0) is 60.4. The molecule has 0 aliphatic heterocycles. The number of hydrazine groups is 1. The van der Waals surface area contributed by atoms with E-state index in [0.29, 0.717) is 58.2 Å². The van der Waals surface area contributed by atoms with Gasteiger partial charge in [-0.3, -0.25) is 39.4 Å². The van der Waals surface area contributed by atoms with Gasteiger partial charge in [0.05, 0.1) is 6.42 Å². The number of carbonyl (C=O) groups is 7. The Bertz CT molecular complexity index is 1570. The lowest BCUT2D eigenvalue weighted by Crippen LogP contribution is -2.53. The monoisotopic (exact) mass is 1160 g/mol. The third-order valence-electron chi connectivity index (χ3n) is 15.0. The molecule has 17 nitrogen and oxygen atoms in total. The average Bonchev–Trinajstić information content (AvgIpc) is 3.45. The second-order valence-electron chi connectivity index (χ2n) is 23.1. The number of hydrogen-bond donors (Lipinski definition) is 6. The van der Waals surface area contributed by atoms with Gasteiger partial charge in [-0.05, 0) is 64.5 Å². The zero-order valence-electron chi connectivity index (χ0n) is 53.2. The van der Waals surface area contributed by atoms with Crippen LogP contribution >= 0.6 is 0 Å². The van der Waals surface area contributed by atoms with Gasteiger partial charge in [0.2, 0.25) is 23.6 Å². The first-order valence-corrected chi connectivity index (χ1v) is 33.7. The van der Waals surface area contributed by atoms with Crippen LogP contribution < -0.4 is 32.4 Å². The molecule has 7 N–H and O–H groups in total. The number of carbonyl (C=O) groups excluding carboxylic acids is 7. The van der Waals surface area contributed by atoms with Crippen LogP contribution in [0.4, 0.5) is 0 Å². The van der Waals surface area contributed by atoms with Crippen LogP contribution in [0.3, 0.4) is 0 Å². The molecule has 0 saturated heterocycles. The predicted octanol–water partition coefficient (Wildman–Crippen LogP) is 12.4. The highest BCUT2D eigenvalue weighted by Crippen LogP contribution is 2.17. The Morgan fingerprint density at radius 1 is 0.390 bits per heavy atom. The normalized spacial score (nSPS) is 12.4. The smallest absolute Gasteiger partial charge is 0.306 e. The summed E-state index contributed by atoms with van der Waals surface area (Å²) >= 11 is 0. The van der Waals surface area contributed by atoms with Gasteiger partial charge in [0.15, 0.2) is 6.10 Å². The highest BCUT2D eigenvalue weighted by atomic mass is 16.6. The standard InChI is InChI=1S/C65H125N7O10/c1-6-10-12-14-16-18-20-22-24-26-28-30-32-34-36-44-61(75)80-54-57(82-63(77)45-37-35-33-31-29-27-25-23-21-19-17-15-13-11-7-2)55-81-62(76)47-46-60(74)70-59(43-9-4)65(79)71-58(42-8-3)64(78)69-50-40-49-67-48-38-39-52-72(66)53-41-51-68-56(5)73/h57-59,67H,6-55,66H2,1-5H3,(H,68,73)(H,69,78)(H,70,74)(H,71,79). The summed E-state index contributed by atoms with van der Waals surface area (Å²) in [5.74, 6) is 3.20. The molecule has 3 unspecified atom stereocenters. The molecule has 0 fully saturated rings. The van der Waals surface area contributed by atoms with Crippen molar-refractivity contribution in [2.45, 2.75) is 322 Å². The summed E-state index contributed by atoms with van der Waals surface area (Å²) in [6, 6.07) is -1.68. The minimum absolute atomic E-state index is 0.0423. The lowest BCUT2D eigenvalue weighted by molar-refractivity contribution is -0.167. The summed E-state index contributed by atoms with van der Waals surface area (Å²) in [4.78, 5) is 89.5. The molecule has 4 amide bonds. The molecule has 0 aromatic heterocycles. The maximum Gasteiger partial charge on any atom is 0.306 e. The number of rotatable bonds is 61. The van der Waals surface area contributed by atoms with Crippen LogP contribution in [-0.2, 0) is 47.8 Å². The van der Waals surface area contributed by atoms with Gasteiger partial charge in [-0.1, -0.05) is 220 Å². The van der Waals surface area contributed by atoms with E-state index in [2.05, 4.69) is 40.4 Å². The van der Waals surface area contributed by atoms with Crippen molar-refractivity contribution in [1.29, 1.82) is 0 Å². The van der Waals surface area contributed by atoms with Crippen LogP contribution in [0.2, 0.25) is 0 Å². The molecular formula is C65H125N7O10. The fraction of sp³-hybridized carbons (Fsp3) is 0.892. The molecule has 0 aliphatic carbocycles. The van der Waals surface area contributed by atoms with Crippen molar-refractivity contribution < 1.29 is 47.8 Å². The van der Waals surface area contributed by atoms with Gasteiger partial charge in [-0.2, -0.15) is 0 Å². The largest absolute Gasteiger partial charge is 0.462 e. The summed E-state index contributed by atoms with van der Waals surface area (Å²) in [6.45, 7) is 13.3. The SMILES string of the molecule is CCCCCCCCCCCCCCCCCC(=O)OCC(COC(=O)CCC(=O)NC(CCC)C(=O)NC(CCC)C(=O)NCCCNCCCCN(N)CCCNC(C)=O)OC(=O)CCCCCCCCCCCCCCCCC. The molecule has 17 heteroatoms. The van der Waals surface area contributed by atoms with E-state index in [4.69, 9.17) is 20.1 Å². The Morgan fingerprint density at radius 3 is 1.26 bits per heavy atom. The van der Waals surface area contributed by atoms with Crippen LogP contribution in [0, 0.1) is 0 Å². The van der Waals surface area contributed by atoms with Crippen molar-refractivity contribution in [3.05, 3.63) is 0 Å². The van der Waals surface area contributed by atoms with Crippen molar-refractivity contribution >= 4 is 41.5 Å². The number of ether oxygens (including phenoxy) is 3. The zero-order valence-corrected chi connectivity index (χ0v) is 53.2. The number of esters is 3. The van der Waals surface area contributed by atoms with Gasteiger partial charge in [0.1, 0.15) is 25.3 Å². The van der Waals surface area contributed by atoms with E-state index in [-0.39, 0.29) is 56.7 Å². The van der Waals surface area contributed by atoms with Crippen molar-refractivity contribution in [1.82, 2.24) is 31.6 Å². The van der Waals surface area contributed by atoms with Crippen molar-refractivity contribution in [2.75, 3.05) is 52.5 Å². The summed E-state index contributed by atoms with van der Waals surface area (Å²) < 4.78 is 16.7. The molecule has 0 heterocycles. The van der Waals surface area contributed by atoms with E-state index in [1.165, 1.54) is 148 Å². The molecule has 0 radical (unpaired) electrons. The summed E-state index contributed by atoms with van der Waals surface area (Å²) in [7, 11) is 0. The second-order valence-corrected chi connectivity index (χ2v) is 23.1. The number of nitrogens with one attached hydrogen (secondary N) is 5. The summed E-state index contributed by atoms with van der Waals surface area (Å²) in [6.07, 6.45) is 41.1. The van der Waals surface area contributed by atoms with E-state index in [0.717, 1.165) is 83.8 Å². The van der Waals surface area contributed by atoms with E-state index in [1.54, 1.807) is 5.01 Å². The molecule has 82 heavy (non-hydrogen) atoms. The molecule has 0 aliphatic rings. The first-order chi connectivity index (χ1) is 39.9. The molecule has 0 aromatic rings. The molecule has 0 rings (SSSR count). The quantitative estimate of drug-likeness (QED) is 0.0109. The van der Waals surface area contributed by atoms with E-state index >= 15 is 0 Å². The van der Waals surface area contributed by atoms with Crippen molar-refractivity contribution in [3.63, 3.8) is 0 Å². The highest BCUT2D eigenvalue weighted by molar-refractivity contribution is 5.92. The summed E-state index contributed by atoms with van der Waals surface area (Å²) in [5.41, 5.74) is 0. The molecule has 0 aromatic carbocycles. The number of nitrogens with zero attached hydrogens (tertiary/aromatic N) is 1. The van der Waals surface area contributed by atoms with Crippen LogP contribution in [0.1, 0.15) is 304 Å². The first kappa shape index (κ1) is 78.2. The predicted molar refractivity (Wildman–Crippen MR) is 333 cm³/mol. The Hall–Kier alpha value is -3.83. The molecule has 0 bridgehead atoms. The van der Waals surface area contributed by atoms with Gasteiger partial charge >= 0.3 is 17.9 Å². The Kier molecular flexibility index (Phi) is 56.2. The fourth-order valence-electron chi connectivity index (χ4n) is 9.92. The van der Waals surface area contributed by atoms with Crippen LogP contribution in [-0.4, -0.2) is 117 Å².